The lowest BCUT2D eigenvalue weighted by molar-refractivity contribution is -0.278. The molecule has 0 saturated carbocycles. The molecule has 0 aromatic heterocycles. The SMILES string of the molecule is CC1C(CN2CCC3(CC2)OCCO3)OC(c2ccc(CNC(=O)Nc3ccc(Oc4ccccc4)cc3)cc2)OC1c1ccc(CO)cc1. The van der Waals surface area contributed by atoms with Gasteiger partial charge in [0.05, 0.1) is 32.0 Å². The maximum Gasteiger partial charge on any atom is 0.319 e. The Morgan fingerprint density at radius 2 is 1.46 bits per heavy atom. The van der Waals surface area contributed by atoms with Crippen LogP contribution in [0.4, 0.5) is 10.5 Å². The van der Waals surface area contributed by atoms with Crippen molar-refractivity contribution < 1.29 is 33.6 Å². The van der Waals surface area contributed by atoms with Gasteiger partial charge in [-0.1, -0.05) is 73.7 Å². The normalized spacial score (nSPS) is 23.4. The molecule has 3 heterocycles. The maximum absolute atomic E-state index is 12.7. The first-order valence-corrected chi connectivity index (χ1v) is 17.4. The van der Waals surface area contributed by atoms with Gasteiger partial charge in [0.25, 0.3) is 0 Å². The highest BCUT2D eigenvalue weighted by molar-refractivity contribution is 5.89. The molecule has 4 unspecified atom stereocenters. The Morgan fingerprint density at radius 3 is 2.14 bits per heavy atom. The fourth-order valence-electron chi connectivity index (χ4n) is 6.83. The minimum absolute atomic E-state index is 0.000177. The third-order valence-corrected chi connectivity index (χ3v) is 9.79. The van der Waals surface area contributed by atoms with Crippen molar-refractivity contribution in [2.45, 2.75) is 57.2 Å². The van der Waals surface area contributed by atoms with E-state index >= 15 is 0 Å². The molecule has 10 nitrogen and oxygen atoms in total. The first-order valence-electron chi connectivity index (χ1n) is 17.4. The lowest BCUT2D eigenvalue weighted by atomic mass is 9.89. The first-order chi connectivity index (χ1) is 24.4. The number of ether oxygens (including phenoxy) is 5. The second-order valence-electron chi connectivity index (χ2n) is 13.2. The van der Waals surface area contributed by atoms with E-state index in [1.807, 2.05) is 91.0 Å². The van der Waals surface area contributed by atoms with Gasteiger partial charge in [0.2, 0.25) is 0 Å². The van der Waals surface area contributed by atoms with Crippen molar-refractivity contribution in [1.82, 2.24) is 10.2 Å². The summed E-state index contributed by atoms with van der Waals surface area (Å²) in [6.07, 6.45) is 0.885. The monoisotopic (exact) mass is 679 g/mol. The summed E-state index contributed by atoms with van der Waals surface area (Å²) in [5, 5.41) is 15.4. The number of aliphatic hydroxyl groups is 1. The van der Waals surface area contributed by atoms with Crippen LogP contribution in [0, 0.1) is 5.92 Å². The van der Waals surface area contributed by atoms with Crippen molar-refractivity contribution in [3.05, 3.63) is 125 Å². The van der Waals surface area contributed by atoms with E-state index in [4.69, 9.17) is 23.7 Å². The van der Waals surface area contributed by atoms with Crippen LogP contribution in [0.15, 0.2) is 103 Å². The molecular formula is C40H45N3O7. The van der Waals surface area contributed by atoms with Crippen LogP contribution < -0.4 is 15.4 Å². The largest absolute Gasteiger partial charge is 0.457 e. The van der Waals surface area contributed by atoms with E-state index in [0.29, 0.717) is 31.2 Å². The molecule has 3 aliphatic rings. The highest BCUT2D eigenvalue weighted by atomic mass is 16.7. The summed E-state index contributed by atoms with van der Waals surface area (Å²) in [4.78, 5) is 15.1. The molecule has 4 atom stereocenters. The van der Waals surface area contributed by atoms with Gasteiger partial charge in [-0.3, -0.25) is 0 Å². The predicted molar refractivity (Wildman–Crippen MR) is 189 cm³/mol. The second-order valence-corrected chi connectivity index (χ2v) is 13.2. The number of likely N-dealkylation sites (tertiary alicyclic amines) is 1. The van der Waals surface area contributed by atoms with E-state index in [0.717, 1.165) is 60.5 Å². The molecule has 7 rings (SSSR count). The van der Waals surface area contributed by atoms with Crippen molar-refractivity contribution in [3.63, 3.8) is 0 Å². The molecule has 1 spiro atoms. The molecule has 50 heavy (non-hydrogen) atoms. The van der Waals surface area contributed by atoms with Crippen LogP contribution in [0.1, 0.15) is 54.4 Å². The van der Waals surface area contributed by atoms with Crippen molar-refractivity contribution in [2.75, 3.05) is 38.2 Å². The number of benzene rings is 4. The van der Waals surface area contributed by atoms with E-state index < -0.39 is 12.1 Å². The fraction of sp³-hybridized carbons (Fsp3) is 0.375. The van der Waals surface area contributed by atoms with Crippen LogP contribution >= 0.6 is 0 Å². The molecule has 2 amide bonds. The second kappa shape index (κ2) is 15.7. The van der Waals surface area contributed by atoms with E-state index in [9.17, 15) is 9.90 Å². The molecule has 4 aromatic rings. The van der Waals surface area contributed by atoms with E-state index in [1.165, 1.54) is 0 Å². The molecule has 4 aromatic carbocycles. The maximum atomic E-state index is 12.7. The molecule has 3 N–H and O–H groups in total. The predicted octanol–water partition coefficient (Wildman–Crippen LogP) is 6.92. The lowest BCUT2D eigenvalue weighted by Crippen LogP contribution is -2.50. The number of carbonyl (C=O) groups excluding carboxylic acids is 1. The number of rotatable bonds is 10. The number of piperidine rings is 1. The summed E-state index contributed by atoms with van der Waals surface area (Å²) in [6, 6.07) is 32.5. The topological polar surface area (TPSA) is 111 Å². The minimum Gasteiger partial charge on any atom is -0.457 e. The minimum atomic E-state index is -0.560. The number of hydrogen-bond donors (Lipinski definition) is 3. The Hall–Kier alpha value is -4.29. The van der Waals surface area contributed by atoms with Crippen LogP contribution in [0.3, 0.4) is 0 Å². The molecule has 0 bridgehead atoms. The zero-order chi connectivity index (χ0) is 34.3. The highest BCUT2D eigenvalue weighted by Crippen LogP contribution is 2.42. The number of nitrogens with one attached hydrogen (secondary N) is 2. The smallest absolute Gasteiger partial charge is 0.319 e. The van der Waals surface area contributed by atoms with Gasteiger partial charge in [0.1, 0.15) is 11.5 Å². The Bertz CT molecular complexity index is 1670. The number of urea groups is 1. The number of nitrogens with zero attached hydrogens (tertiary/aromatic N) is 1. The van der Waals surface area contributed by atoms with Crippen molar-refractivity contribution >= 4 is 11.7 Å². The number of amides is 2. The molecular weight excluding hydrogens is 634 g/mol. The van der Waals surface area contributed by atoms with Crippen LogP contribution in [0.25, 0.3) is 0 Å². The molecule has 3 saturated heterocycles. The average Bonchev–Trinajstić information content (AvgIpc) is 3.62. The number of carbonyl (C=O) groups is 1. The third kappa shape index (κ3) is 8.35. The van der Waals surface area contributed by atoms with Crippen LogP contribution in [-0.4, -0.2) is 60.8 Å². The fourth-order valence-corrected chi connectivity index (χ4v) is 6.83. The van der Waals surface area contributed by atoms with Crippen LogP contribution in [-0.2, 0) is 32.1 Å². The third-order valence-electron chi connectivity index (χ3n) is 9.79. The summed E-state index contributed by atoms with van der Waals surface area (Å²) in [6.45, 7) is 6.43. The van der Waals surface area contributed by atoms with Gasteiger partial charge in [-0.25, -0.2) is 4.79 Å². The number of hydrogen-bond acceptors (Lipinski definition) is 8. The summed E-state index contributed by atoms with van der Waals surface area (Å²) in [5.74, 6) is 1.12. The van der Waals surface area contributed by atoms with Crippen molar-refractivity contribution in [3.8, 4) is 11.5 Å². The molecule has 0 aliphatic carbocycles. The van der Waals surface area contributed by atoms with Crippen LogP contribution in [0.2, 0.25) is 0 Å². The Morgan fingerprint density at radius 1 is 0.820 bits per heavy atom. The number of aliphatic hydroxyl groups excluding tert-OH is 1. The Labute approximate surface area is 293 Å². The molecule has 10 heteroatoms. The quantitative estimate of drug-likeness (QED) is 0.166. The van der Waals surface area contributed by atoms with Crippen molar-refractivity contribution in [2.24, 2.45) is 5.92 Å². The molecule has 0 radical (unpaired) electrons. The zero-order valence-electron chi connectivity index (χ0n) is 28.3. The van der Waals surface area contributed by atoms with E-state index in [2.05, 4.69) is 22.5 Å². The van der Waals surface area contributed by atoms with E-state index in [-0.39, 0.29) is 30.8 Å². The van der Waals surface area contributed by atoms with Gasteiger partial charge < -0.3 is 44.3 Å². The molecule has 3 fully saturated rings. The summed E-state index contributed by atoms with van der Waals surface area (Å²) < 4.78 is 31.1. The number of para-hydroxylation sites is 1. The van der Waals surface area contributed by atoms with Gasteiger partial charge in [0, 0.05) is 56.2 Å². The van der Waals surface area contributed by atoms with Crippen molar-refractivity contribution in [1.29, 1.82) is 0 Å². The lowest BCUT2D eigenvalue weighted by Gasteiger charge is -2.44. The summed E-state index contributed by atoms with van der Waals surface area (Å²) in [7, 11) is 0. The summed E-state index contributed by atoms with van der Waals surface area (Å²) in [5.41, 5.74) is 4.45. The van der Waals surface area contributed by atoms with Gasteiger partial charge in [-0.2, -0.15) is 0 Å². The van der Waals surface area contributed by atoms with E-state index in [1.54, 1.807) is 12.1 Å². The van der Waals surface area contributed by atoms with Gasteiger partial charge in [-0.15, -0.1) is 0 Å². The van der Waals surface area contributed by atoms with Crippen LogP contribution in [0.5, 0.6) is 11.5 Å². The summed E-state index contributed by atoms with van der Waals surface area (Å²) >= 11 is 0. The standard InChI is InChI=1S/C40H45N3O7/c1-28-36(26-43-21-19-40(20-22-43)46-23-24-47-40)49-38(50-37(28)31-11-9-30(27-44)10-12-31)32-13-7-29(8-14-32)25-41-39(45)42-33-15-17-35(18-16-33)48-34-5-3-2-4-6-34/h2-18,28,36-38,44H,19-27H2,1H3,(H2,41,42,45). The number of anilines is 1. The highest BCUT2D eigenvalue weighted by Gasteiger charge is 2.43. The van der Waals surface area contributed by atoms with Gasteiger partial charge in [-0.05, 0) is 53.1 Å². The Balaban J connectivity index is 0.963. The average molecular weight is 680 g/mol. The van der Waals surface area contributed by atoms with Gasteiger partial charge in [0.15, 0.2) is 12.1 Å². The zero-order valence-corrected chi connectivity index (χ0v) is 28.3. The molecule has 262 valence electrons. The Kier molecular flexibility index (Phi) is 10.7. The van der Waals surface area contributed by atoms with Gasteiger partial charge >= 0.3 is 6.03 Å². The molecule has 3 aliphatic heterocycles. The first kappa shape index (κ1) is 34.2.